The monoisotopic (exact) mass is 294 g/mol. The molecule has 0 radical (unpaired) electrons. The van der Waals surface area contributed by atoms with Crippen molar-refractivity contribution >= 4 is 17.6 Å². The molecule has 1 aliphatic rings. The number of amides is 1. The molecule has 1 amide bonds. The Morgan fingerprint density at radius 2 is 2.19 bits per heavy atom. The van der Waals surface area contributed by atoms with Gasteiger partial charge in [0, 0.05) is 5.69 Å². The van der Waals surface area contributed by atoms with Gasteiger partial charge in [0.15, 0.2) is 0 Å². The molecule has 0 aromatic heterocycles. The predicted octanol–water partition coefficient (Wildman–Crippen LogP) is 1.87. The van der Waals surface area contributed by atoms with Crippen LogP contribution in [-0.2, 0) is 9.59 Å². The fourth-order valence-electron chi connectivity index (χ4n) is 2.71. The number of halogens is 1. The average molecular weight is 294 g/mol. The van der Waals surface area contributed by atoms with Gasteiger partial charge in [-0.25, -0.2) is 4.39 Å². The van der Waals surface area contributed by atoms with Crippen molar-refractivity contribution in [2.45, 2.75) is 26.3 Å². The van der Waals surface area contributed by atoms with Crippen molar-refractivity contribution in [2.24, 2.45) is 5.92 Å². The number of aliphatic carboxylic acids is 1. The van der Waals surface area contributed by atoms with Crippen molar-refractivity contribution in [3.05, 3.63) is 29.6 Å². The van der Waals surface area contributed by atoms with Crippen molar-refractivity contribution < 1.29 is 19.1 Å². The van der Waals surface area contributed by atoms with E-state index in [0.717, 1.165) is 12.0 Å². The van der Waals surface area contributed by atoms with Crippen LogP contribution in [0, 0.1) is 18.7 Å². The first-order valence-electron chi connectivity index (χ1n) is 6.91. The molecule has 5 nitrogen and oxygen atoms in total. The Bertz CT molecular complexity index is 562. The number of carbonyl (C=O) groups excluding carboxylic acids is 1. The second-order valence-corrected chi connectivity index (χ2v) is 5.53. The third-order valence-electron chi connectivity index (χ3n) is 3.88. The van der Waals surface area contributed by atoms with Gasteiger partial charge in [0.05, 0.1) is 6.54 Å². The van der Waals surface area contributed by atoms with E-state index in [1.165, 1.54) is 12.1 Å². The average Bonchev–Trinajstić information content (AvgIpc) is 2.75. The molecule has 1 saturated heterocycles. The predicted molar refractivity (Wildman–Crippen MR) is 76.5 cm³/mol. The largest absolute Gasteiger partial charge is 0.480 e. The van der Waals surface area contributed by atoms with E-state index in [-0.39, 0.29) is 18.4 Å². The van der Waals surface area contributed by atoms with Gasteiger partial charge in [-0.1, -0.05) is 13.0 Å². The molecule has 2 atom stereocenters. The fourth-order valence-corrected chi connectivity index (χ4v) is 2.71. The molecule has 0 bridgehead atoms. The highest BCUT2D eigenvalue weighted by Crippen LogP contribution is 2.24. The molecule has 2 rings (SSSR count). The lowest BCUT2D eigenvalue weighted by atomic mass is 10.0. The van der Waals surface area contributed by atoms with Crippen LogP contribution in [0.4, 0.5) is 10.1 Å². The number of nitrogens with zero attached hydrogens (tertiary/aromatic N) is 1. The van der Waals surface area contributed by atoms with E-state index >= 15 is 0 Å². The van der Waals surface area contributed by atoms with Crippen LogP contribution in [0.5, 0.6) is 0 Å². The van der Waals surface area contributed by atoms with Crippen molar-refractivity contribution in [3.63, 3.8) is 0 Å². The third-order valence-corrected chi connectivity index (χ3v) is 3.88. The number of hydrogen-bond donors (Lipinski definition) is 2. The highest BCUT2D eigenvalue weighted by Gasteiger charge is 2.37. The van der Waals surface area contributed by atoms with Crippen molar-refractivity contribution in [2.75, 3.05) is 18.4 Å². The summed E-state index contributed by atoms with van der Waals surface area (Å²) in [5.41, 5.74) is 1.17. The van der Waals surface area contributed by atoms with Gasteiger partial charge in [-0.15, -0.1) is 0 Å². The maximum Gasteiger partial charge on any atom is 0.321 e. The molecule has 21 heavy (non-hydrogen) atoms. The molecule has 2 unspecified atom stereocenters. The Hall–Kier alpha value is -1.95. The van der Waals surface area contributed by atoms with Crippen LogP contribution < -0.4 is 5.32 Å². The summed E-state index contributed by atoms with van der Waals surface area (Å²) in [6.07, 6.45) is 0.753. The van der Waals surface area contributed by atoms with Crippen LogP contribution in [0.1, 0.15) is 18.9 Å². The van der Waals surface area contributed by atoms with E-state index < -0.39 is 17.8 Å². The topological polar surface area (TPSA) is 69.6 Å². The lowest BCUT2D eigenvalue weighted by Crippen LogP contribution is -2.43. The van der Waals surface area contributed by atoms with Gasteiger partial charge in [0.25, 0.3) is 0 Å². The van der Waals surface area contributed by atoms with Crippen LogP contribution >= 0.6 is 0 Å². The Kier molecular flexibility index (Phi) is 4.57. The van der Waals surface area contributed by atoms with Crippen LogP contribution in [0.3, 0.4) is 0 Å². The minimum atomic E-state index is -0.908. The van der Waals surface area contributed by atoms with E-state index in [2.05, 4.69) is 5.32 Å². The van der Waals surface area contributed by atoms with Gasteiger partial charge in [-0.05, 0) is 43.5 Å². The number of aryl methyl sites for hydroxylation is 1. The van der Waals surface area contributed by atoms with Gasteiger partial charge >= 0.3 is 5.97 Å². The number of carboxylic acids is 1. The fraction of sp³-hybridized carbons (Fsp3) is 0.467. The van der Waals surface area contributed by atoms with E-state index in [1.54, 1.807) is 17.9 Å². The maximum atomic E-state index is 13.2. The molecule has 1 aromatic carbocycles. The molecular formula is C15H19FN2O3. The summed E-state index contributed by atoms with van der Waals surface area (Å²) in [6, 6.07) is 3.54. The molecular weight excluding hydrogens is 275 g/mol. The number of nitrogens with one attached hydrogen (secondary N) is 1. The molecule has 1 heterocycles. The summed E-state index contributed by atoms with van der Waals surface area (Å²) in [7, 11) is 0. The minimum absolute atomic E-state index is 0.00272. The number of hydrogen-bond acceptors (Lipinski definition) is 3. The number of likely N-dealkylation sites (tertiary alicyclic amines) is 1. The molecule has 0 spiro atoms. The van der Waals surface area contributed by atoms with Crippen LogP contribution in [0.2, 0.25) is 0 Å². The summed E-state index contributed by atoms with van der Waals surface area (Å²) in [4.78, 5) is 24.9. The summed E-state index contributed by atoms with van der Waals surface area (Å²) in [6.45, 7) is 4.21. The number of carbonyl (C=O) groups is 2. The summed E-state index contributed by atoms with van der Waals surface area (Å²) >= 11 is 0. The van der Waals surface area contributed by atoms with E-state index in [0.29, 0.717) is 12.2 Å². The normalized spacial score (nSPS) is 22.2. The number of anilines is 1. The zero-order valence-corrected chi connectivity index (χ0v) is 12.1. The lowest BCUT2D eigenvalue weighted by Gasteiger charge is -2.22. The number of benzene rings is 1. The first kappa shape index (κ1) is 15.4. The quantitative estimate of drug-likeness (QED) is 0.889. The Morgan fingerprint density at radius 3 is 2.86 bits per heavy atom. The zero-order valence-electron chi connectivity index (χ0n) is 12.1. The van der Waals surface area contributed by atoms with E-state index in [9.17, 15) is 19.1 Å². The van der Waals surface area contributed by atoms with Crippen LogP contribution in [-0.4, -0.2) is 41.0 Å². The van der Waals surface area contributed by atoms with Crippen molar-refractivity contribution in [3.8, 4) is 0 Å². The molecule has 114 valence electrons. The Labute approximate surface area is 122 Å². The standard InChI is InChI=1S/C15H19FN2O3/c1-9-3-4-11(16)7-12(9)17-13(19)8-18-6-5-10(2)14(18)15(20)21/h3-4,7,10,14H,5-6,8H2,1-2H3,(H,17,19)(H,20,21). The van der Waals surface area contributed by atoms with Crippen LogP contribution in [0.25, 0.3) is 0 Å². The first-order chi connectivity index (χ1) is 9.88. The zero-order chi connectivity index (χ0) is 15.6. The number of rotatable bonds is 4. The summed E-state index contributed by atoms with van der Waals surface area (Å²) in [5.74, 6) is -1.64. The SMILES string of the molecule is Cc1ccc(F)cc1NC(=O)CN1CCC(C)C1C(=O)O. The molecule has 0 aliphatic carbocycles. The summed E-state index contributed by atoms with van der Waals surface area (Å²) in [5, 5.41) is 11.9. The number of carboxylic acid groups (broad SMARTS) is 1. The van der Waals surface area contributed by atoms with E-state index in [4.69, 9.17) is 0 Å². The maximum absolute atomic E-state index is 13.2. The van der Waals surface area contributed by atoms with Crippen molar-refractivity contribution in [1.82, 2.24) is 4.90 Å². The van der Waals surface area contributed by atoms with Gasteiger partial charge in [-0.3, -0.25) is 14.5 Å². The molecule has 1 fully saturated rings. The molecule has 0 saturated carbocycles. The lowest BCUT2D eigenvalue weighted by molar-refractivity contribution is -0.143. The molecule has 2 N–H and O–H groups in total. The molecule has 6 heteroatoms. The third kappa shape index (κ3) is 3.58. The van der Waals surface area contributed by atoms with Crippen LogP contribution in [0.15, 0.2) is 18.2 Å². The highest BCUT2D eigenvalue weighted by molar-refractivity contribution is 5.93. The Morgan fingerprint density at radius 1 is 1.48 bits per heavy atom. The van der Waals surface area contributed by atoms with Crippen molar-refractivity contribution in [1.29, 1.82) is 0 Å². The van der Waals surface area contributed by atoms with Gasteiger partial charge < -0.3 is 10.4 Å². The van der Waals surface area contributed by atoms with E-state index in [1.807, 2.05) is 6.92 Å². The van der Waals surface area contributed by atoms with Gasteiger partial charge in [-0.2, -0.15) is 0 Å². The van der Waals surface area contributed by atoms with Gasteiger partial charge in [0.2, 0.25) is 5.91 Å². The second kappa shape index (κ2) is 6.22. The first-order valence-corrected chi connectivity index (χ1v) is 6.91. The Balaban J connectivity index is 2.02. The van der Waals surface area contributed by atoms with Gasteiger partial charge in [0.1, 0.15) is 11.9 Å². The smallest absolute Gasteiger partial charge is 0.321 e. The highest BCUT2D eigenvalue weighted by atomic mass is 19.1. The molecule has 1 aliphatic heterocycles. The summed E-state index contributed by atoms with van der Waals surface area (Å²) < 4.78 is 13.2. The minimum Gasteiger partial charge on any atom is -0.480 e. The second-order valence-electron chi connectivity index (χ2n) is 5.53. The molecule has 1 aromatic rings.